The van der Waals surface area contributed by atoms with E-state index in [1.165, 1.54) is 5.56 Å². The lowest BCUT2D eigenvalue weighted by Gasteiger charge is -2.09. The van der Waals surface area contributed by atoms with E-state index < -0.39 is 0 Å². The molecule has 0 aliphatic carbocycles. The van der Waals surface area contributed by atoms with Crippen molar-refractivity contribution < 1.29 is 9.53 Å². The molecule has 0 heterocycles. The fraction of sp³-hybridized carbons (Fsp3) is 0.500. The van der Waals surface area contributed by atoms with Gasteiger partial charge in [0.2, 0.25) is 5.91 Å². The molecule has 0 aliphatic heterocycles. The Morgan fingerprint density at radius 3 is 2.47 bits per heavy atom. The molecular formula is C14H23ClN2O2. The summed E-state index contributed by atoms with van der Waals surface area (Å²) >= 11 is 0. The highest BCUT2D eigenvalue weighted by molar-refractivity contribution is 5.85. The van der Waals surface area contributed by atoms with Crippen LogP contribution in [0.15, 0.2) is 24.3 Å². The molecular weight excluding hydrogens is 264 g/mol. The van der Waals surface area contributed by atoms with E-state index in [-0.39, 0.29) is 18.3 Å². The molecule has 0 spiro atoms. The van der Waals surface area contributed by atoms with Crippen LogP contribution in [0.5, 0.6) is 5.75 Å². The second-order valence-corrected chi connectivity index (χ2v) is 4.46. The number of nitrogens with two attached hydrogens (primary N) is 1. The third-order valence-electron chi connectivity index (χ3n) is 2.61. The van der Waals surface area contributed by atoms with Crippen LogP contribution in [0.3, 0.4) is 0 Å². The van der Waals surface area contributed by atoms with Crippen molar-refractivity contribution in [3.8, 4) is 5.75 Å². The van der Waals surface area contributed by atoms with Crippen molar-refractivity contribution in [1.82, 2.24) is 5.32 Å². The fourth-order valence-corrected chi connectivity index (χ4v) is 1.51. The van der Waals surface area contributed by atoms with Crippen LogP contribution in [0.1, 0.15) is 31.7 Å². The number of rotatable bonds is 7. The molecule has 1 aromatic carbocycles. The lowest BCUT2D eigenvalue weighted by Crippen LogP contribution is -2.29. The molecule has 1 rings (SSSR count). The Kier molecular flexibility index (Phi) is 9.00. The number of hydrogen-bond donors (Lipinski definition) is 2. The Balaban J connectivity index is 0.00000324. The van der Waals surface area contributed by atoms with Crippen LogP contribution in [0.4, 0.5) is 0 Å². The number of halogens is 1. The monoisotopic (exact) mass is 286 g/mol. The standard InChI is InChI=1S/C14H22N2O2.ClH/c1-11(2)12-3-5-13(6-4-12)18-10-7-14(17)16-9-8-15;/h3-6,11H,7-10,15H2,1-2H3,(H,16,17);1H. The highest BCUT2D eigenvalue weighted by atomic mass is 35.5. The Hall–Kier alpha value is -1.26. The van der Waals surface area contributed by atoms with Crippen LogP contribution in [-0.2, 0) is 4.79 Å². The molecule has 3 N–H and O–H groups in total. The molecule has 5 heteroatoms. The number of carbonyl (C=O) groups is 1. The first kappa shape index (κ1) is 17.7. The minimum absolute atomic E-state index is 0. The Labute approximate surface area is 121 Å². The van der Waals surface area contributed by atoms with Crippen molar-refractivity contribution in [2.24, 2.45) is 5.73 Å². The maximum Gasteiger partial charge on any atom is 0.223 e. The largest absolute Gasteiger partial charge is 0.493 e. The summed E-state index contributed by atoms with van der Waals surface area (Å²) < 4.78 is 5.50. The Morgan fingerprint density at radius 2 is 1.95 bits per heavy atom. The average molecular weight is 287 g/mol. The zero-order chi connectivity index (χ0) is 13.4. The minimum atomic E-state index is -0.0285. The van der Waals surface area contributed by atoms with Gasteiger partial charge in [0.05, 0.1) is 13.0 Å². The van der Waals surface area contributed by atoms with E-state index in [2.05, 4.69) is 31.3 Å². The summed E-state index contributed by atoms with van der Waals surface area (Å²) in [4.78, 5) is 11.3. The SMILES string of the molecule is CC(C)c1ccc(OCCC(=O)NCCN)cc1.Cl. The molecule has 1 aromatic rings. The van der Waals surface area contributed by atoms with Gasteiger partial charge in [-0.2, -0.15) is 0 Å². The maximum absolute atomic E-state index is 11.3. The van der Waals surface area contributed by atoms with Crippen LogP contribution < -0.4 is 15.8 Å². The number of amides is 1. The summed E-state index contributed by atoms with van der Waals surface area (Å²) in [5.74, 6) is 1.28. The van der Waals surface area contributed by atoms with Crippen LogP contribution in [0.25, 0.3) is 0 Å². The zero-order valence-electron chi connectivity index (χ0n) is 11.5. The Morgan fingerprint density at radius 1 is 1.32 bits per heavy atom. The van der Waals surface area contributed by atoms with Crippen molar-refractivity contribution in [1.29, 1.82) is 0 Å². The third-order valence-corrected chi connectivity index (χ3v) is 2.61. The first-order chi connectivity index (χ1) is 8.63. The summed E-state index contributed by atoms with van der Waals surface area (Å²) in [7, 11) is 0. The molecule has 0 bridgehead atoms. The van der Waals surface area contributed by atoms with Crippen LogP contribution in [-0.4, -0.2) is 25.6 Å². The van der Waals surface area contributed by atoms with Gasteiger partial charge in [0.1, 0.15) is 5.75 Å². The molecule has 4 nitrogen and oxygen atoms in total. The summed E-state index contributed by atoms with van der Waals surface area (Å²) in [5, 5.41) is 2.70. The molecule has 0 saturated carbocycles. The zero-order valence-corrected chi connectivity index (χ0v) is 12.3. The topological polar surface area (TPSA) is 64.3 Å². The third kappa shape index (κ3) is 7.03. The second-order valence-electron chi connectivity index (χ2n) is 4.46. The van der Waals surface area contributed by atoms with Gasteiger partial charge in [-0.05, 0) is 23.6 Å². The molecule has 0 aromatic heterocycles. The normalized spacial score (nSPS) is 9.89. The number of hydrogen-bond acceptors (Lipinski definition) is 3. The predicted molar refractivity (Wildman–Crippen MR) is 80.0 cm³/mol. The van der Waals surface area contributed by atoms with E-state index in [1.807, 2.05) is 12.1 Å². The highest BCUT2D eigenvalue weighted by Crippen LogP contribution is 2.18. The van der Waals surface area contributed by atoms with Gasteiger partial charge in [-0.3, -0.25) is 4.79 Å². The highest BCUT2D eigenvalue weighted by Gasteiger charge is 2.02. The van der Waals surface area contributed by atoms with E-state index in [9.17, 15) is 4.79 Å². The summed E-state index contributed by atoms with van der Waals surface area (Å²) in [6, 6.07) is 7.98. The summed E-state index contributed by atoms with van der Waals surface area (Å²) in [5.41, 5.74) is 6.57. The van der Waals surface area contributed by atoms with Gasteiger partial charge in [-0.1, -0.05) is 26.0 Å². The van der Waals surface area contributed by atoms with Crippen molar-refractivity contribution in [3.05, 3.63) is 29.8 Å². The second kappa shape index (κ2) is 9.64. The summed E-state index contributed by atoms with van der Waals surface area (Å²) in [6.45, 7) is 5.66. The molecule has 0 atom stereocenters. The van der Waals surface area contributed by atoms with Crippen molar-refractivity contribution in [2.75, 3.05) is 19.7 Å². The van der Waals surface area contributed by atoms with Gasteiger partial charge in [0.15, 0.2) is 0 Å². The molecule has 0 radical (unpaired) electrons. The smallest absolute Gasteiger partial charge is 0.223 e. The van der Waals surface area contributed by atoms with Gasteiger partial charge < -0.3 is 15.8 Å². The Bertz CT molecular complexity index is 366. The van der Waals surface area contributed by atoms with Crippen LogP contribution >= 0.6 is 12.4 Å². The lowest BCUT2D eigenvalue weighted by atomic mass is 10.0. The molecule has 19 heavy (non-hydrogen) atoms. The first-order valence-electron chi connectivity index (χ1n) is 6.33. The van der Waals surface area contributed by atoms with Crippen molar-refractivity contribution >= 4 is 18.3 Å². The number of carbonyl (C=O) groups excluding carboxylic acids is 1. The van der Waals surface area contributed by atoms with E-state index >= 15 is 0 Å². The van der Waals surface area contributed by atoms with Gasteiger partial charge >= 0.3 is 0 Å². The van der Waals surface area contributed by atoms with E-state index in [0.29, 0.717) is 32.0 Å². The van der Waals surface area contributed by atoms with E-state index in [1.54, 1.807) is 0 Å². The number of nitrogens with one attached hydrogen (secondary N) is 1. The van der Waals surface area contributed by atoms with Crippen LogP contribution in [0, 0.1) is 0 Å². The molecule has 108 valence electrons. The molecule has 0 unspecified atom stereocenters. The fourth-order valence-electron chi connectivity index (χ4n) is 1.51. The number of ether oxygens (including phenoxy) is 1. The quantitative estimate of drug-likeness (QED) is 0.806. The van der Waals surface area contributed by atoms with E-state index in [4.69, 9.17) is 10.5 Å². The molecule has 0 fully saturated rings. The predicted octanol–water partition coefficient (Wildman–Crippen LogP) is 2.08. The summed E-state index contributed by atoms with van der Waals surface area (Å²) in [6.07, 6.45) is 0.353. The molecule has 0 saturated heterocycles. The van der Waals surface area contributed by atoms with Gasteiger partial charge in [0, 0.05) is 13.1 Å². The minimum Gasteiger partial charge on any atom is -0.493 e. The maximum atomic E-state index is 11.3. The van der Waals surface area contributed by atoms with Gasteiger partial charge in [-0.15, -0.1) is 12.4 Å². The van der Waals surface area contributed by atoms with Gasteiger partial charge in [0.25, 0.3) is 0 Å². The van der Waals surface area contributed by atoms with Crippen LogP contribution in [0.2, 0.25) is 0 Å². The van der Waals surface area contributed by atoms with E-state index in [0.717, 1.165) is 5.75 Å². The number of benzene rings is 1. The van der Waals surface area contributed by atoms with Crippen molar-refractivity contribution in [2.45, 2.75) is 26.2 Å². The molecule has 0 aliphatic rings. The van der Waals surface area contributed by atoms with Crippen molar-refractivity contribution in [3.63, 3.8) is 0 Å². The lowest BCUT2D eigenvalue weighted by molar-refractivity contribution is -0.121. The first-order valence-corrected chi connectivity index (χ1v) is 6.33. The van der Waals surface area contributed by atoms with Gasteiger partial charge in [-0.25, -0.2) is 0 Å². The molecule has 1 amide bonds. The average Bonchev–Trinajstić information content (AvgIpc) is 2.37.